The average Bonchev–Trinajstić information content (AvgIpc) is 2.68. The summed E-state index contributed by atoms with van der Waals surface area (Å²) in [5, 5.41) is 3.43. The van der Waals surface area contributed by atoms with E-state index in [1.165, 1.54) is 11.1 Å². The van der Waals surface area contributed by atoms with E-state index in [2.05, 4.69) is 58.6 Å². The Morgan fingerprint density at radius 1 is 1.12 bits per heavy atom. The molecule has 4 rings (SSSR count). The van der Waals surface area contributed by atoms with Gasteiger partial charge < -0.3 is 15.8 Å². The first kappa shape index (κ1) is 17.3. The van der Waals surface area contributed by atoms with Crippen molar-refractivity contribution in [3.05, 3.63) is 71.3 Å². The van der Waals surface area contributed by atoms with Crippen molar-refractivity contribution < 1.29 is 4.74 Å². The van der Waals surface area contributed by atoms with Crippen molar-refractivity contribution in [2.75, 3.05) is 19.8 Å². The number of piperidine rings is 1. The number of nitrogens with one attached hydrogen (secondary N) is 1. The summed E-state index contributed by atoms with van der Waals surface area (Å²) in [6.07, 6.45) is 4.30. The number of ether oxygens (including phenoxy) is 1. The normalized spacial score (nSPS) is 19.3. The van der Waals surface area contributed by atoms with Gasteiger partial charge in [0.2, 0.25) is 0 Å². The highest BCUT2D eigenvalue weighted by molar-refractivity contribution is 7.35. The largest absolute Gasteiger partial charge is 0.482 e. The SMILES string of the molecule is CP/N=C(\N)c1ccc(C2=CC3(CCNCC3)Oc3ccccc32)cc1. The molecule has 26 heavy (non-hydrogen) atoms. The van der Waals surface area contributed by atoms with Gasteiger partial charge in [0.1, 0.15) is 17.2 Å². The molecule has 2 aliphatic rings. The predicted octanol–water partition coefficient (Wildman–Crippen LogP) is 3.56. The molecule has 1 atom stereocenters. The Hall–Kier alpha value is -2.16. The van der Waals surface area contributed by atoms with E-state index in [4.69, 9.17) is 10.5 Å². The first-order chi connectivity index (χ1) is 12.7. The molecule has 1 saturated heterocycles. The average molecular weight is 365 g/mol. The minimum atomic E-state index is -0.211. The van der Waals surface area contributed by atoms with Crippen LogP contribution in [0.1, 0.15) is 29.5 Å². The highest BCUT2D eigenvalue weighted by atomic mass is 31.1. The highest BCUT2D eigenvalue weighted by Crippen LogP contribution is 2.42. The van der Waals surface area contributed by atoms with Gasteiger partial charge in [-0.3, -0.25) is 0 Å². The van der Waals surface area contributed by atoms with E-state index in [0.29, 0.717) is 14.6 Å². The van der Waals surface area contributed by atoms with Gasteiger partial charge in [0, 0.05) is 32.7 Å². The molecular formula is C21H24N3OP. The molecule has 2 heterocycles. The number of hydrogen-bond acceptors (Lipinski definition) is 3. The molecule has 3 N–H and O–H groups in total. The van der Waals surface area contributed by atoms with Crippen LogP contribution in [0, 0.1) is 0 Å². The first-order valence-corrected chi connectivity index (χ1v) is 10.5. The lowest BCUT2D eigenvalue weighted by atomic mass is 9.83. The number of benzene rings is 2. The fraction of sp³-hybridized carbons (Fsp3) is 0.286. The maximum Gasteiger partial charge on any atom is 0.130 e. The summed E-state index contributed by atoms with van der Waals surface area (Å²) in [6, 6.07) is 16.7. The number of para-hydroxylation sites is 1. The van der Waals surface area contributed by atoms with E-state index in [1.807, 2.05) is 12.7 Å². The number of nitrogens with two attached hydrogens (primary N) is 1. The molecule has 0 bridgehead atoms. The molecule has 2 aromatic carbocycles. The Balaban J connectivity index is 1.76. The molecular weight excluding hydrogens is 341 g/mol. The van der Waals surface area contributed by atoms with E-state index in [0.717, 1.165) is 42.8 Å². The van der Waals surface area contributed by atoms with Crippen molar-refractivity contribution in [2.24, 2.45) is 10.5 Å². The molecule has 1 fully saturated rings. The van der Waals surface area contributed by atoms with Crippen molar-refractivity contribution in [2.45, 2.75) is 18.4 Å². The van der Waals surface area contributed by atoms with Crippen LogP contribution in [0.15, 0.2) is 59.4 Å². The monoisotopic (exact) mass is 365 g/mol. The maximum absolute atomic E-state index is 6.45. The second-order valence-corrected chi connectivity index (χ2v) is 7.44. The topological polar surface area (TPSA) is 59.6 Å². The lowest BCUT2D eigenvalue weighted by Gasteiger charge is -2.40. The molecule has 134 valence electrons. The third kappa shape index (κ3) is 3.27. The van der Waals surface area contributed by atoms with Crippen LogP contribution in [0.2, 0.25) is 0 Å². The quantitative estimate of drug-likeness (QED) is 0.497. The highest BCUT2D eigenvalue weighted by Gasteiger charge is 2.36. The van der Waals surface area contributed by atoms with Crippen LogP contribution >= 0.6 is 8.73 Å². The first-order valence-electron chi connectivity index (χ1n) is 9.03. The van der Waals surface area contributed by atoms with E-state index in [1.54, 1.807) is 0 Å². The van der Waals surface area contributed by atoms with Gasteiger partial charge in [0.05, 0.1) is 0 Å². The Kier molecular flexibility index (Phi) is 4.80. The molecule has 0 aromatic heterocycles. The van der Waals surface area contributed by atoms with E-state index < -0.39 is 0 Å². The van der Waals surface area contributed by atoms with Crippen molar-refractivity contribution in [3.63, 3.8) is 0 Å². The van der Waals surface area contributed by atoms with Gasteiger partial charge >= 0.3 is 0 Å². The van der Waals surface area contributed by atoms with Crippen molar-refractivity contribution in [1.82, 2.24) is 5.32 Å². The van der Waals surface area contributed by atoms with Crippen LogP contribution in [0.25, 0.3) is 5.57 Å². The lowest BCUT2D eigenvalue weighted by molar-refractivity contribution is 0.0817. The van der Waals surface area contributed by atoms with Crippen molar-refractivity contribution >= 4 is 20.1 Å². The summed E-state index contributed by atoms with van der Waals surface area (Å²) in [4.78, 5) is 0. The van der Waals surface area contributed by atoms with Crippen LogP contribution < -0.4 is 15.8 Å². The minimum Gasteiger partial charge on any atom is -0.482 e. The minimum absolute atomic E-state index is 0.211. The molecule has 1 spiro atoms. The molecule has 1 unspecified atom stereocenters. The predicted molar refractivity (Wildman–Crippen MR) is 110 cm³/mol. The number of fused-ring (bicyclic) bond motifs is 1. The Morgan fingerprint density at radius 2 is 1.85 bits per heavy atom. The number of nitrogens with zero attached hydrogens (tertiary/aromatic N) is 1. The third-order valence-electron chi connectivity index (χ3n) is 5.07. The fourth-order valence-electron chi connectivity index (χ4n) is 3.71. The van der Waals surface area contributed by atoms with Gasteiger partial charge in [-0.1, -0.05) is 42.5 Å². The smallest absolute Gasteiger partial charge is 0.130 e. The zero-order valence-corrected chi connectivity index (χ0v) is 16.0. The van der Waals surface area contributed by atoms with Gasteiger partial charge in [-0.25, -0.2) is 4.76 Å². The molecule has 4 nitrogen and oxygen atoms in total. The molecule has 2 aliphatic heterocycles. The Bertz CT molecular complexity index is 852. The maximum atomic E-state index is 6.45. The second-order valence-electron chi connectivity index (χ2n) is 6.77. The van der Waals surface area contributed by atoms with Crippen LogP contribution in [-0.2, 0) is 0 Å². The fourth-order valence-corrected chi connectivity index (χ4v) is 4.08. The van der Waals surface area contributed by atoms with Crippen molar-refractivity contribution in [1.29, 1.82) is 0 Å². The molecule has 0 saturated carbocycles. The van der Waals surface area contributed by atoms with Crippen LogP contribution in [-0.4, -0.2) is 31.2 Å². The molecule has 2 aromatic rings. The lowest BCUT2D eigenvalue weighted by Crippen LogP contribution is -2.46. The molecule has 5 heteroatoms. The summed E-state index contributed by atoms with van der Waals surface area (Å²) in [5.74, 6) is 1.58. The number of amidine groups is 1. The van der Waals surface area contributed by atoms with Crippen LogP contribution in [0.5, 0.6) is 5.75 Å². The van der Waals surface area contributed by atoms with Crippen molar-refractivity contribution in [3.8, 4) is 5.75 Å². The van der Waals surface area contributed by atoms with Gasteiger partial charge in [-0.15, -0.1) is 0 Å². The van der Waals surface area contributed by atoms with Gasteiger partial charge in [-0.05, 0) is 43.0 Å². The summed E-state index contributed by atoms with van der Waals surface area (Å²) >= 11 is 0. The molecule has 0 aliphatic carbocycles. The van der Waals surface area contributed by atoms with Gasteiger partial charge in [-0.2, -0.15) is 0 Å². The number of rotatable bonds is 3. The summed E-state index contributed by atoms with van der Waals surface area (Å²) < 4.78 is 10.8. The summed E-state index contributed by atoms with van der Waals surface area (Å²) in [6.45, 7) is 3.98. The summed E-state index contributed by atoms with van der Waals surface area (Å²) in [5.41, 5.74) is 10.4. The van der Waals surface area contributed by atoms with Crippen LogP contribution in [0.3, 0.4) is 0 Å². The molecule has 0 amide bonds. The third-order valence-corrected chi connectivity index (χ3v) is 5.54. The van der Waals surface area contributed by atoms with E-state index in [-0.39, 0.29) is 5.60 Å². The summed E-state index contributed by atoms with van der Waals surface area (Å²) in [7, 11) is 0.469. The number of hydrogen-bond donors (Lipinski definition) is 2. The van der Waals surface area contributed by atoms with E-state index >= 15 is 0 Å². The van der Waals surface area contributed by atoms with E-state index in [9.17, 15) is 0 Å². The Labute approximate surface area is 156 Å². The van der Waals surface area contributed by atoms with Gasteiger partial charge in [0.15, 0.2) is 0 Å². The second kappa shape index (κ2) is 7.22. The molecule has 0 radical (unpaired) electrons. The Morgan fingerprint density at radius 3 is 2.58 bits per heavy atom. The van der Waals surface area contributed by atoms with Gasteiger partial charge in [0.25, 0.3) is 0 Å². The standard InChI is InChI=1S/C21H24N3OP/c1-26-24-20(22)16-8-6-15(7-9-16)18-14-21(10-12-23-13-11-21)25-19-5-3-2-4-17(18)19/h2-9,14,23,26H,10-13H2,1H3,(H2,22,24). The van der Waals surface area contributed by atoms with Crippen LogP contribution in [0.4, 0.5) is 0 Å². The zero-order chi connectivity index (χ0) is 18.0. The zero-order valence-electron chi connectivity index (χ0n) is 15.0.